The van der Waals surface area contributed by atoms with Gasteiger partial charge in [0.05, 0.1) is 5.41 Å². The highest BCUT2D eigenvalue weighted by molar-refractivity contribution is 7.13. The second-order valence-electron chi connectivity index (χ2n) is 9.67. The van der Waals surface area contributed by atoms with E-state index in [2.05, 4.69) is 133 Å². The summed E-state index contributed by atoms with van der Waals surface area (Å²) in [7, 11) is 0. The Morgan fingerprint density at radius 1 is 0.417 bits per heavy atom. The molecule has 6 aromatic rings. The van der Waals surface area contributed by atoms with Gasteiger partial charge in [-0.15, -0.1) is 11.3 Å². The minimum atomic E-state index is -0.291. The lowest BCUT2D eigenvalue weighted by Crippen LogP contribution is -2.25. The van der Waals surface area contributed by atoms with Crippen LogP contribution in [-0.2, 0) is 5.41 Å². The second-order valence-corrected chi connectivity index (χ2v) is 10.6. The summed E-state index contributed by atoms with van der Waals surface area (Å²) in [6, 6.07) is 47.3. The van der Waals surface area contributed by atoms with Crippen molar-refractivity contribution in [1.82, 2.24) is 0 Å². The molecule has 1 spiro atoms. The second kappa shape index (κ2) is 7.40. The first-order chi connectivity index (χ1) is 17.9. The van der Waals surface area contributed by atoms with Crippen molar-refractivity contribution in [2.75, 3.05) is 0 Å². The Hall–Kier alpha value is -4.20. The topological polar surface area (TPSA) is 0 Å². The van der Waals surface area contributed by atoms with Gasteiger partial charge < -0.3 is 0 Å². The van der Waals surface area contributed by atoms with Crippen LogP contribution in [0.3, 0.4) is 0 Å². The van der Waals surface area contributed by atoms with Crippen LogP contribution in [0.2, 0.25) is 0 Å². The predicted molar refractivity (Wildman–Crippen MR) is 151 cm³/mol. The maximum Gasteiger partial charge on any atom is 0.0725 e. The lowest BCUT2D eigenvalue weighted by atomic mass is 9.70. The van der Waals surface area contributed by atoms with Crippen LogP contribution in [0.4, 0.5) is 0 Å². The summed E-state index contributed by atoms with van der Waals surface area (Å²) in [6.45, 7) is 0. The van der Waals surface area contributed by atoms with Gasteiger partial charge >= 0.3 is 0 Å². The third-order valence-corrected chi connectivity index (χ3v) is 8.92. The maximum atomic E-state index is 2.36. The van der Waals surface area contributed by atoms with Gasteiger partial charge in [-0.1, -0.05) is 115 Å². The van der Waals surface area contributed by atoms with Gasteiger partial charge in [0.25, 0.3) is 0 Å². The molecule has 0 radical (unpaired) electrons. The van der Waals surface area contributed by atoms with E-state index in [4.69, 9.17) is 0 Å². The molecule has 1 heteroatoms. The normalized spacial score (nSPS) is 13.8. The van der Waals surface area contributed by atoms with Gasteiger partial charge in [-0.25, -0.2) is 0 Å². The van der Waals surface area contributed by atoms with E-state index in [0.29, 0.717) is 0 Å². The van der Waals surface area contributed by atoms with Crippen LogP contribution in [0.5, 0.6) is 0 Å². The molecular formula is C35H22S. The smallest absolute Gasteiger partial charge is 0.0725 e. The maximum absolute atomic E-state index is 2.36. The van der Waals surface area contributed by atoms with E-state index in [1.165, 1.54) is 66.1 Å². The molecule has 0 atom stereocenters. The zero-order chi connectivity index (χ0) is 23.7. The average Bonchev–Trinajstić information content (AvgIpc) is 3.66. The first kappa shape index (κ1) is 20.0. The van der Waals surface area contributed by atoms with E-state index < -0.39 is 0 Å². The van der Waals surface area contributed by atoms with Gasteiger partial charge in [0.2, 0.25) is 0 Å². The average molecular weight is 475 g/mol. The molecule has 0 amide bonds. The Balaban J connectivity index is 1.47. The van der Waals surface area contributed by atoms with Crippen molar-refractivity contribution < 1.29 is 0 Å². The van der Waals surface area contributed by atoms with Crippen LogP contribution in [0, 0.1) is 0 Å². The zero-order valence-electron chi connectivity index (χ0n) is 19.6. The van der Waals surface area contributed by atoms with E-state index in [1.54, 1.807) is 11.3 Å². The van der Waals surface area contributed by atoms with E-state index in [1.807, 2.05) is 0 Å². The fourth-order valence-corrected chi connectivity index (χ4v) is 7.39. The van der Waals surface area contributed by atoms with E-state index in [0.717, 1.165) is 0 Å². The fourth-order valence-electron chi connectivity index (χ4n) is 6.67. The highest BCUT2D eigenvalue weighted by Gasteiger charge is 2.51. The quantitative estimate of drug-likeness (QED) is 0.234. The SMILES string of the molecule is c1cc(-c2cccs2)cc(-c2cccc3c2-c2ccccc2C32c3ccccc3-c3ccccc32)c1. The molecule has 2 aliphatic rings. The predicted octanol–water partition coefficient (Wildman–Crippen LogP) is 9.43. The van der Waals surface area contributed by atoms with Gasteiger partial charge in [-0.05, 0) is 78.7 Å². The monoisotopic (exact) mass is 474 g/mol. The highest BCUT2D eigenvalue weighted by Crippen LogP contribution is 2.63. The summed E-state index contributed by atoms with van der Waals surface area (Å²) >= 11 is 1.79. The van der Waals surface area contributed by atoms with Crippen LogP contribution < -0.4 is 0 Å². The molecule has 0 aliphatic heterocycles. The number of rotatable bonds is 2. The summed E-state index contributed by atoms with van der Waals surface area (Å²) < 4.78 is 0. The largest absolute Gasteiger partial charge is 0.144 e. The van der Waals surface area contributed by atoms with Crippen molar-refractivity contribution >= 4 is 11.3 Å². The molecular weight excluding hydrogens is 452 g/mol. The minimum Gasteiger partial charge on any atom is -0.144 e. The molecule has 8 rings (SSSR count). The Bertz CT molecular complexity index is 1740. The number of hydrogen-bond acceptors (Lipinski definition) is 1. The van der Waals surface area contributed by atoms with Crippen molar-refractivity contribution in [3.63, 3.8) is 0 Å². The lowest BCUT2D eigenvalue weighted by molar-refractivity contribution is 0.794. The Morgan fingerprint density at radius 3 is 1.67 bits per heavy atom. The zero-order valence-corrected chi connectivity index (χ0v) is 20.4. The first-order valence-electron chi connectivity index (χ1n) is 12.4. The summed E-state index contributed by atoms with van der Waals surface area (Å²) in [5.74, 6) is 0. The third kappa shape index (κ3) is 2.48. The van der Waals surface area contributed by atoms with Crippen LogP contribution in [0.1, 0.15) is 22.3 Å². The Morgan fingerprint density at radius 2 is 0.972 bits per heavy atom. The number of hydrogen-bond donors (Lipinski definition) is 0. The molecule has 36 heavy (non-hydrogen) atoms. The van der Waals surface area contributed by atoms with Crippen molar-refractivity contribution in [3.05, 3.63) is 155 Å². The van der Waals surface area contributed by atoms with Gasteiger partial charge in [0.15, 0.2) is 0 Å². The molecule has 2 aliphatic carbocycles. The van der Waals surface area contributed by atoms with Crippen LogP contribution in [0.25, 0.3) is 43.8 Å². The Kier molecular flexibility index (Phi) is 4.12. The lowest BCUT2D eigenvalue weighted by Gasteiger charge is -2.30. The Labute approximate surface area is 215 Å². The molecule has 0 N–H and O–H groups in total. The third-order valence-electron chi connectivity index (χ3n) is 8.00. The van der Waals surface area contributed by atoms with Gasteiger partial charge in [0.1, 0.15) is 0 Å². The molecule has 0 nitrogen and oxygen atoms in total. The summed E-state index contributed by atoms with van der Waals surface area (Å²) in [5.41, 5.74) is 14.5. The van der Waals surface area contributed by atoms with Crippen LogP contribution >= 0.6 is 11.3 Å². The summed E-state index contributed by atoms with van der Waals surface area (Å²) in [5, 5.41) is 2.15. The van der Waals surface area contributed by atoms with E-state index in [-0.39, 0.29) is 5.41 Å². The first-order valence-corrected chi connectivity index (χ1v) is 13.3. The number of fused-ring (bicyclic) bond motifs is 10. The minimum absolute atomic E-state index is 0.291. The van der Waals surface area contributed by atoms with Gasteiger partial charge in [0, 0.05) is 4.88 Å². The van der Waals surface area contributed by atoms with Crippen LogP contribution in [0.15, 0.2) is 133 Å². The van der Waals surface area contributed by atoms with Crippen molar-refractivity contribution in [1.29, 1.82) is 0 Å². The fraction of sp³-hybridized carbons (Fsp3) is 0.0286. The van der Waals surface area contributed by atoms with E-state index in [9.17, 15) is 0 Å². The number of thiophene rings is 1. The molecule has 5 aromatic carbocycles. The molecule has 0 bridgehead atoms. The molecule has 0 saturated heterocycles. The van der Waals surface area contributed by atoms with Crippen molar-refractivity contribution in [2.24, 2.45) is 0 Å². The molecule has 0 unspecified atom stereocenters. The van der Waals surface area contributed by atoms with Gasteiger partial charge in [-0.2, -0.15) is 0 Å². The molecule has 1 aromatic heterocycles. The molecule has 1 heterocycles. The summed E-state index contributed by atoms with van der Waals surface area (Å²) in [6.07, 6.45) is 0. The standard InChI is InChI=1S/C35H22S/c1-4-16-29-26(12-1)27-13-2-5-17-30(27)35(29)31-18-6-3-14-28(31)34-25(15-8-19-32(34)35)23-10-7-11-24(22-23)33-20-9-21-36-33/h1-22H. The molecule has 0 fully saturated rings. The van der Waals surface area contributed by atoms with Crippen LogP contribution in [-0.4, -0.2) is 0 Å². The van der Waals surface area contributed by atoms with Crippen molar-refractivity contribution in [3.8, 4) is 43.8 Å². The number of benzene rings is 5. The molecule has 0 saturated carbocycles. The van der Waals surface area contributed by atoms with E-state index >= 15 is 0 Å². The van der Waals surface area contributed by atoms with Gasteiger partial charge in [-0.3, -0.25) is 0 Å². The summed E-state index contributed by atoms with van der Waals surface area (Å²) in [4.78, 5) is 1.31. The highest BCUT2D eigenvalue weighted by atomic mass is 32.1. The molecule has 168 valence electrons. The van der Waals surface area contributed by atoms with Crippen molar-refractivity contribution in [2.45, 2.75) is 5.41 Å².